The lowest BCUT2D eigenvalue weighted by Gasteiger charge is -2.41. The van der Waals surface area contributed by atoms with Crippen molar-refractivity contribution in [2.24, 2.45) is 0 Å². The second kappa shape index (κ2) is 11.2. The molecule has 0 bridgehead atoms. The lowest BCUT2D eigenvalue weighted by atomic mass is 9.88. The normalized spacial score (nSPS) is 16.9. The third-order valence-corrected chi connectivity index (χ3v) is 7.16. The van der Waals surface area contributed by atoms with Crippen LogP contribution >= 0.6 is 0 Å². The van der Waals surface area contributed by atoms with Gasteiger partial charge >= 0.3 is 6.09 Å². The molecule has 4 aromatic rings. The van der Waals surface area contributed by atoms with Crippen LogP contribution in [0.5, 0.6) is 11.5 Å². The van der Waals surface area contributed by atoms with Gasteiger partial charge in [-0.05, 0) is 62.1 Å². The number of fused-ring (bicyclic) bond motifs is 1. The summed E-state index contributed by atoms with van der Waals surface area (Å²) in [5, 5.41) is 0. The average Bonchev–Trinajstić information content (AvgIpc) is 3.38. The predicted octanol–water partition coefficient (Wildman–Crippen LogP) is 7.06. The number of carbonyl (C=O) groups excluding carboxylic acids is 1. The van der Waals surface area contributed by atoms with E-state index in [1.807, 2.05) is 74.7 Å². The van der Waals surface area contributed by atoms with Gasteiger partial charge in [-0.2, -0.15) is 0 Å². The number of aryl methyl sites for hydroxylation is 1. The van der Waals surface area contributed by atoms with Crippen LogP contribution in [0.4, 0.5) is 9.18 Å². The van der Waals surface area contributed by atoms with Crippen LogP contribution in [-0.4, -0.2) is 45.2 Å². The van der Waals surface area contributed by atoms with Crippen LogP contribution in [0, 0.1) is 5.82 Å². The van der Waals surface area contributed by atoms with E-state index in [1.54, 1.807) is 30.5 Å². The highest BCUT2D eigenvalue weighted by Gasteiger charge is 2.37. The van der Waals surface area contributed by atoms with Crippen LogP contribution in [0.2, 0.25) is 0 Å². The molecule has 7 nitrogen and oxygen atoms in total. The molecule has 210 valence electrons. The van der Waals surface area contributed by atoms with E-state index in [0.29, 0.717) is 31.6 Å². The third kappa shape index (κ3) is 6.06. The maximum atomic E-state index is 15.3. The Morgan fingerprint density at radius 1 is 1.12 bits per heavy atom. The minimum atomic E-state index is -0.540. The summed E-state index contributed by atoms with van der Waals surface area (Å²) in [6.07, 6.45) is 7.12. The highest BCUT2D eigenvalue weighted by molar-refractivity contribution is 5.74. The number of nitrogens with zero attached hydrogens (tertiary/aromatic N) is 3. The minimum Gasteiger partial charge on any atom is -0.488 e. The summed E-state index contributed by atoms with van der Waals surface area (Å²) in [4.78, 5) is 18.4. The molecule has 0 unspecified atom stereocenters. The first kappa shape index (κ1) is 27.5. The standard InChI is InChI=1S/C32H36FN3O4/c1-6-22-12-29(38-19-21-10-8-7-9-11-21)27(33)16-26(22)23-13-30(28-17-34-20-36(28)18-23)39-25-14-24(15-25)35(5)31(37)40-32(2,3)4/h7-13,16-18,20,24-25H,6,14-15,19H2,1-5H3. The smallest absolute Gasteiger partial charge is 0.410 e. The SMILES string of the molecule is CCc1cc(OCc2ccccc2)c(F)cc1-c1cc(OC2CC(N(C)C(=O)OC(C)(C)C)C2)c2cncn2c1. The molecule has 1 aliphatic carbocycles. The molecule has 0 saturated heterocycles. The van der Waals surface area contributed by atoms with Gasteiger partial charge in [0.05, 0.1) is 12.5 Å². The molecule has 0 aliphatic heterocycles. The first-order valence-corrected chi connectivity index (χ1v) is 13.7. The van der Waals surface area contributed by atoms with Crippen LogP contribution in [0.1, 0.15) is 51.7 Å². The Hall–Kier alpha value is -4.07. The Morgan fingerprint density at radius 3 is 2.58 bits per heavy atom. The maximum absolute atomic E-state index is 15.3. The lowest BCUT2D eigenvalue weighted by Crippen LogP contribution is -2.51. The molecule has 1 saturated carbocycles. The van der Waals surface area contributed by atoms with Gasteiger partial charge in [0.15, 0.2) is 11.6 Å². The molecule has 0 atom stereocenters. The number of aromatic nitrogens is 2. The predicted molar refractivity (Wildman–Crippen MR) is 152 cm³/mol. The molecule has 0 radical (unpaired) electrons. The summed E-state index contributed by atoms with van der Waals surface area (Å²) >= 11 is 0. The highest BCUT2D eigenvalue weighted by atomic mass is 19.1. The molecule has 2 heterocycles. The van der Waals surface area contributed by atoms with Gasteiger partial charge in [-0.3, -0.25) is 0 Å². The zero-order valence-corrected chi connectivity index (χ0v) is 23.7. The number of carbonyl (C=O) groups is 1. The van der Waals surface area contributed by atoms with Crippen molar-refractivity contribution in [2.45, 2.75) is 71.3 Å². The van der Waals surface area contributed by atoms with Crippen molar-refractivity contribution in [2.75, 3.05) is 7.05 Å². The minimum absolute atomic E-state index is 0.0492. The van der Waals surface area contributed by atoms with Crippen LogP contribution in [0.25, 0.3) is 16.6 Å². The number of rotatable bonds is 8. The Balaban J connectivity index is 1.34. The van der Waals surface area contributed by atoms with Crippen molar-refractivity contribution in [3.8, 4) is 22.6 Å². The van der Waals surface area contributed by atoms with E-state index < -0.39 is 11.4 Å². The second-order valence-corrected chi connectivity index (χ2v) is 11.3. The van der Waals surface area contributed by atoms with Crippen LogP contribution in [0.3, 0.4) is 0 Å². The molecule has 1 amide bonds. The summed E-state index contributed by atoms with van der Waals surface area (Å²) in [5.41, 5.74) is 3.84. The molecule has 2 aromatic carbocycles. The molecule has 40 heavy (non-hydrogen) atoms. The van der Waals surface area contributed by atoms with Gasteiger partial charge in [0.25, 0.3) is 0 Å². The van der Waals surface area contributed by atoms with Crippen molar-refractivity contribution < 1.29 is 23.4 Å². The van der Waals surface area contributed by atoms with Crippen molar-refractivity contribution in [3.63, 3.8) is 0 Å². The van der Waals surface area contributed by atoms with Crippen molar-refractivity contribution >= 4 is 11.6 Å². The summed E-state index contributed by atoms with van der Waals surface area (Å²) in [7, 11) is 1.76. The van der Waals surface area contributed by atoms with Crippen LogP contribution in [0.15, 0.2) is 67.3 Å². The summed E-state index contributed by atoms with van der Waals surface area (Å²) < 4.78 is 34.9. The molecule has 1 fully saturated rings. The third-order valence-electron chi connectivity index (χ3n) is 7.16. The zero-order valence-electron chi connectivity index (χ0n) is 23.7. The van der Waals surface area contributed by atoms with E-state index in [1.165, 1.54) is 6.07 Å². The largest absolute Gasteiger partial charge is 0.488 e. The molecule has 5 rings (SSSR count). The fraction of sp³-hybridized carbons (Fsp3) is 0.375. The van der Waals surface area contributed by atoms with Crippen molar-refractivity contribution in [3.05, 3.63) is 84.2 Å². The number of pyridine rings is 1. The van der Waals surface area contributed by atoms with Gasteiger partial charge in [-0.25, -0.2) is 14.2 Å². The Morgan fingerprint density at radius 2 is 1.88 bits per heavy atom. The van der Waals surface area contributed by atoms with Gasteiger partial charge in [0, 0.05) is 37.7 Å². The van der Waals surface area contributed by atoms with Gasteiger partial charge in [0.2, 0.25) is 0 Å². The number of imidazole rings is 1. The van der Waals surface area contributed by atoms with Gasteiger partial charge < -0.3 is 23.5 Å². The monoisotopic (exact) mass is 545 g/mol. The van der Waals surface area contributed by atoms with Crippen LogP contribution < -0.4 is 9.47 Å². The molecular weight excluding hydrogens is 509 g/mol. The maximum Gasteiger partial charge on any atom is 0.410 e. The van der Waals surface area contributed by atoms with E-state index in [2.05, 4.69) is 4.98 Å². The van der Waals surface area contributed by atoms with Crippen molar-refractivity contribution in [1.82, 2.24) is 14.3 Å². The quantitative estimate of drug-likeness (QED) is 0.237. The number of benzene rings is 2. The Labute approximate surface area is 234 Å². The van der Waals surface area contributed by atoms with Gasteiger partial charge in [0.1, 0.15) is 29.6 Å². The summed E-state index contributed by atoms with van der Waals surface area (Å²) in [5.74, 6) is 0.493. The Bertz CT molecular complexity index is 1490. The molecule has 8 heteroatoms. The van der Waals surface area contributed by atoms with Crippen LogP contribution in [-0.2, 0) is 17.8 Å². The topological polar surface area (TPSA) is 65.3 Å². The highest BCUT2D eigenvalue weighted by Crippen LogP contribution is 2.37. The fourth-order valence-corrected chi connectivity index (χ4v) is 4.86. The molecule has 0 spiro atoms. The fourth-order valence-electron chi connectivity index (χ4n) is 4.86. The lowest BCUT2D eigenvalue weighted by molar-refractivity contribution is -0.00849. The number of hydrogen-bond acceptors (Lipinski definition) is 5. The number of hydrogen-bond donors (Lipinski definition) is 0. The van der Waals surface area contributed by atoms with E-state index in [4.69, 9.17) is 14.2 Å². The molecular formula is C32H36FN3O4. The van der Waals surface area contributed by atoms with E-state index in [0.717, 1.165) is 27.8 Å². The van der Waals surface area contributed by atoms with E-state index >= 15 is 4.39 Å². The van der Waals surface area contributed by atoms with E-state index in [-0.39, 0.29) is 24.0 Å². The average molecular weight is 546 g/mol. The Kier molecular flexibility index (Phi) is 7.70. The second-order valence-electron chi connectivity index (χ2n) is 11.3. The van der Waals surface area contributed by atoms with Gasteiger partial charge in [-0.1, -0.05) is 37.3 Å². The molecule has 0 N–H and O–H groups in total. The molecule has 1 aliphatic rings. The molecule has 2 aromatic heterocycles. The number of halogens is 1. The first-order valence-electron chi connectivity index (χ1n) is 13.7. The van der Waals surface area contributed by atoms with Crippen molar-refractivity contribution in [1.29, 1.82) is 0 Å². The summed E-state index contributed by atoms with van der Waals surface area (Å²) in [6.45, 7) is 7.91. The van der Waals surface area contributed by atoms with Gasteiger partial charge in [-0.15, -0.1) is 0 Å². The van der Waals surface area contributed by atoms with E-state index in [9.17, 15) is 4.79 Å². The number of amides is 1. The summed E-state index contributed by atoms with van der Waals surface area (Å²) in [6, 6.07) is 15.0. The number of ether oxygens (including phenoxy) is 3. The first-order chi connectivity index (χ1) is 19.1. The zero-order chi connectivity index (χ0) is 28.4.